The normalized spacial score (nSPS) is 11.9. The number of nitrogens with one attached hydrogen (secondary N) is 1. The van der Waals surface area contributed by atoms with E-state index in [9.17, 15) is 9.59 Å². The van der Waals surface area contributed by atoms with Gasteiger partial charge in [-0.15, -0.1) is 0 Å². The summed E-state index contributed by atoms with van der Waals surface area (Å²) in [7, 11) is 0. The summed E-state index contributed by atoms with van der Waals surface area (Å²) in [6, 6.07) is 6.77. The maximum atomic E-state index is 11.6. The molecule has 1 N–H and O–H groups in total. The Labute approximate surface area is 101 Å². The first-order valence-electron chi connectivity index (χ1n) is 5.58. The van der Waals surface area contributed by atoms with E-state index in [-0.39, 0.29) is 11.7 Å². The van der Waals surface area contributed by atoms with Crippen molar-refractivity contribution in [2.24, 2.45) is 0 Å². The molecule has 0 saturated heterocycles. The largest absolute Gasteiger partial charge is 0.369 e. The molecule has 0 aliphatic rings. The lowest BCUT2D eigenvalue weighted by atomic mass is 10.1. The summed E-state index contributed by atoms with van der Waals surface area (Å²) >= 11 is 0. The van der Waals surface area contributed by atoms with Crippen LogP contribution < -0.4 is 5.32 Å². The fourth-order valence-electron chi connectivity index (χ4n) is 1.36. The number of ketones is 1. The van der Waals surface area contributed by atoms with Crippen molar-refractivity contribution in [3.05, 3.63) is 29.8 Å². The first-order chi connectivity index (χ1) is 8.04. The maximum absolute atomic E-state index is 11.6. The number of rotatable bonds is 5. The number of ether oxygens (including phenoxy) is 1. The summed E-state index contributed by atoms with van der Waals surface area (Å²) < 4.78 is 5.17. The van der Waals surface area contributed by atoms with Crippen LogP contribution in [-0.4, -0.2) is 24.4 Å². The van der Waals surface area contributed by atoms with Gasteiger partial charge < -0.3 is 10.1 Å². The third kappa shape index (κ3) is 4.00. The molecule has 92 valence electrons. The third-order valence-electron chi connectivity index (χ3n) is 2.34. The standard InChI is InChI=1S/C13H17NO3/c1-4-17-10(3)13(16)14-12-7-5-11(6-8-12)9(2)15/h5-8,10H,4H2,1-3H3,(H,14,16)/t10-/m1/s1. The molecule has 1 rings (SSSR count). The fraction of sp³-hybridized carbons (Fsp3) is 0.385. The summed E-state index contributed by atoms with van der Waals surface area (Å²) in [5.74, 6) is -0.187. The highest BCUT2D eigenvalue weighted by atomic mass is 16.5. The minimum absolute atomic E-state index is 0.00515. The number of hydrogen-bond acceptors (Lipinski definition) is 3. The number of anilines is 1. The molecule has 0 fully saturated rings. The van der Waals surface area contributed by atoms with Crippen molar-refractivity contribution in [2.75, 3.05) is 11.9 Å². The molecular weight excluding hydrogens is 218 g/mol. The van der Waals surface area contributed by atoms with Gasteiger partial charge in [0.2, 0.25) is 0 Å². The summed E-state index contributed by atoms with van der Waals surface area (Å²) in [4.78, 5) is 22.7. The Bertz CT molecular complexity index is 398. The van der Waals surface area contributed by atoms with Crippen LogP contribution in [0.25, 0.3) is 0 Å². The predicted octanol–water partition coefficient (Wildman–Crippen LogP) is 2.25. The molecule has 0 heterocycles. The van der Waals surface area contributed by atoms with Crippen LogP contribution in [0.2, 0.25) is 0 Å². The average Bonchev–Trinajstić information content (AvgIpc) is 2.30. The van der Waals surface area contributed by atoms with E-state index in [1.807, 2.05) is 6.92 Å². The van der Waals surface area contributed by atoms with E-state index in [1.165, 1.54) is 6.92 Å². The van der Waals surface area contributed by atoms with Gasteiger partial charge in [-0.25, -0.2) is 0 Å². The van der Waals surface area contributed by atoms with Crippen molar-refractivity contribution >= 4 is 17.4 Å². The highest BCUT2D eigenvalue weighted by Gasteiger charge is 2.12. The summed E-state index contributed by atoms with van der Waals surface area (Å²) in [5, 5.41) is 2.72. The summed E-state index contributed by atoms with van der Waals surface area (Å²) in [6.07, 6.45) is -0.479. The molecule has 0 unspecified atom stereocenters. The molecule has 4 nitrogen and oxygen atoms in total. The van der Waals surface area contributed by atoms with Crippen LogP contribution in [0, 0.1) is 0 Å². The van der Waals surface area contributed by atoms with E-state index in [1.54, 1.807) is 31.2 Å². The predicted molar refractivity (Wildman–Crippen MR) is 66.2 cm³/mol. The quantitative estimate of drug-likeness (QED) is 0.796. The number of carbonyl (C=O) groups excluding carboxylic acids is 2. The van der Waals surface area contributed by atoms with E-state index < -0.39 is 6.10 Å². The van der Waals surface area contributed by atoms with Gasteiger partial charge in [0.1, 0.15) is 6.10 Å². The molecule has 0 aliphatic heterocycles. The smallest absolute Gasteiger partial charge is 0.253 e. The van der Waals surface area contributed by atoms with Crippen LogP contribution in [0.15, 0.2) is 24.3 Å². The van der Waals surface area contributed by atoms with Gasteiger partial charge in [-0.3, -0.25) is 9.59 Å². The van der Waals surface area contributed by atoms with Gasteiger partial charge in [-0.1, -0.05) is 0 Å². The number of Topliss-reactive ketones (excluding diaryl/α,β-unsaturated/α-hetero) is 1. The molecule has 4 heteroatoms. The highest BCUT2D eigenvalue weighted by Crippen LogP contribution is 2.10. The first kappa shape index (κ1) is 13.4. The Kier molecular flexibility index (Phi) is 4.84. The van der Waals surface area contributed by atoms with Gasteiger partial charge in [0, 0.05) is 17.9 Å². The van der Waals surface area contributed by atoms with E-state index in [4.69, 9.17) is 4.74 Å². The SMILES string of the molecule is CCO[C@H](C)C(=O)Nc1ccc(C(C)=O)cc1. The molecule has 0 aliphatic carbocycles. The number of carbonyl (C=O) groups is 2. The average molecular weight is 235 g/mol. The van der Waals surface area contributed by atoms with Crippen molar-refractivity contribution in [3.63, 3.8) is 0 Å². The zero-order valence-corrected chi connectivity index (χ0v) is 10.3. The lowest BCUT2D eigenvalue weighted by Gasteiger charge is -2.12. The fourth-order valence-corrected chi connectivity index (χ4v) is 1.36. The zero-order valence-electron chi connectivity index (χ0n) is 10.3. The van der Waals surface area contributed by atoms with E-state index >= 15 is 0 Å². The molecule has 1 atom stereocenters. The second-order valence-corrected chi connectivity index (χ2v) is 3.72. The van der Waals surface area contributed by atoms with E-state index in [0.29, 0.717) is 17.9 Å². The highest BCUT2D eigenvalue weighted by molar-refractivity contribution is 5.96. The molecule has 0 spiro atoms. The van der Waals surface area contributed by atoms with Crippen LogP contribution in [0.3, 0.4) is 0 Å². The Balaban J connectivity index is 2.63. The Hall–Kier alpha value is -1.68. The molecule has 1 aromatic rings. The minimum atomic E-state index is -0.479. The molecule has 0 radical (unpaired) electrons. The summed E-state index contributed by atoms with van der Waals surface area (Å²) in [5.41, 5.74) is 1.28. The van der Waals surface area contributed by atoms with E-state index in [0.717, 1.165) is 0 Å². The van der Waals surface area contributed by atoms with Gasteiger partial charge >= 0.3 is 0 Å². The third-order valence-corrected chi connectivity index (χ3v) is 2.34. The molecule has 17 heavy (non-hydrogen) atoms. The van der Waals surface area contributed by atoms with Crippen LogP contribution in [0.5, 0.6) is 0 Å². The van der Waals surface area contributed by atoms with Crippen LogP contribution in [-0.2, 0) is 9.53 Å². The molecule has 0 bridgehead atoms. The lowest BCUT2D eigenvalue weighted by molar-refractivity contribution is -0.126. The monoisotopic (exact) mass is 235 g/mol. The topological polar surface area (TPSA) is 55.4 Å². The molecule has 1 aromatic carbocycles. The van der Waals surface area contributed by atoms with Crippen LogP contribution in [0.1, 0.15) is 31.1 Å². The van der Waals surface area contributed by atoms with Crippen molar-refractivity contribution in [3.8, 4) is 0 Å². The zero-order chi connectivity index (χ0) is 12.8. The maximum Gasteiger partial charge on any atom is 0.253 e. The second-order valence-electron chi connectivity index (χ2n) is 3.72. The molecule has 0 saturated carbocycles. The van der Waals surface area contributed by atoms with E-state index in [2.05, 4.69) is 5.32 Å². The van der Waals surface area contributed by atoms with Gasteiger partial charge in [-0.05, 0) is 45.0 Å². The van der Waals surface area contributed by atoms with Gasteiger partial charge in [-0.2, -0.15) is 0 Å². The summed E-state index contributed by atoms with van der Waals surface area (Å²) in [6.45, 7) is 5.54. The van der Waals surface area contributed by atoms with Crippen molar-refractivity contribution in [1.82, 2.24) is 0 Å². The minimum Gasteiger partial charge on any atom is -0.369 e. The number of amides is 1. The van der Waals surface area contributed by atoms with Gasteiger partial charge in [0.25, 0.3) is 5.91 Å². The van der Waals surface area contributed by atoms with Crippen LogP contribution in [0.4, 0.5) is 5.69 Å². The molecule has 1 amide bonds. The van der Waals surface area contributed by atoms with Crippen molar-refractivity contribution in [1.29, 1.82) is 0 Å². The Morgan fingerprint density at radius 2 is 1.88 bits per heavy atom. The second kappa shape index (κ2) is 6.15. The van der Waals surface area contributed by atoms with Gasteiger partial charge in [0.05, 0.1) is 0 Å². The van der Waals surface area contributed by atoms with Crippen molar-refractivity contribution < 1.29 is 14.3 Å². The first-order valence-corrected chi connectivity index (χ1v) is 5.58. The number of hydrogen-bond donors (Lipinski definition) is 1. The number of benzene rings is 1. The lowest BCUT2D eigenvalue weighted by Crippen LogP contribution is -2.27. The molecule has 0 aromatic heterocycles. The Morgan fingerprint density at radius 1 is 1.29 bits per heavy atom. The van der Waals surface area contributed by atoms with Gasteiger partial charge in [0.15, 0.2) is 5.78 Å². The molecular formula is C13H17NO3. The van der Waals surface area contributed by atoms with Crippen LogP contribution >= 0.6 is 0 Å². The van der Waals surface area contributed by atoms with Crippen molar-refractivity contribution in [2.45, 2.75) is 26.9 Å². The Morgan fingerprint density at radius 3 is 2.35 bits per heavy atom.